The Bertz CT molecular complexity index is 633. The second-order valence-electron chi connectivity index (χ2n) is 3.68. The van der Waals surface area contributed by atoms with Crippen LogP contribution in [0.1, 0.15) is 5.56 Å². The van der Waals surface area contributed by atoms with Gasteiger partial charge in [-0.1, -0.05) is 12.0 Å². The van der Waals surface area contributed by atoms with Crippen molar-refractivity contribution in [3.8, 4) is 18.1 Å². The zero-order valence-corrected chi connectivity index (χ0v) is 12.0. The molecule has 2 amide bonds. The molecule has 1 fully saturated rings. The Balaban J connectivity index is 2.30. The van der Waals surface area contributed by atoms with Gasteiger partial charge in [-0.3, -0.25) is 14.5 Å². The number of thioether (sulfide) groups is 1. The van der Waals surface area contributed by atoms with Crippen LogP contribution in [0, 0.1) is 12.3 Å². The van der Waals surface area contributed by atoms with Crippen molar-refractivity contribution in [3.63, 3.8) is 0 Å². The van der Waals surface area contributed by atoms with E-state index in [9.17, 15) is 14.7 Å². The van der Waals surface area contributed by atoms with E-state index in [1.54, 1.807) is 18.2 Å². The highest BCUT2D eigenvalue weighted by atomic mass is 79.9. The quantitative estimate of drug-likeness (QED) is 0.666. The van der Waals surface area contributed by atoms with E-state index in [-0.39, 0.29) is 17.5 Å². The summed E-state index contributed by atoms with van der Waals surface area (Å²) in [6.07, 6.45) is 6.70. The molecule has 2 rings (SSSR count). The lowest BCUT2D eigenvalue weighted by Gasteiger charge is -2.06. The van der Waals surface area contributed by atoms with E-state index in [0.717, 1.165) is 16.7 Å². The highest BCUT2D eigenvalue weighted by Crippen LogP contribution is 2.33. The van der Waals surface area contributed by atoms with Gasteiger partial charge in [0.15, 0.2) is 0 Å². The average molecular weight is 338 g/mol. The van der Waals surface area contributed by atoms with Gasteiger partial charge in [0, 0.05) is 0 Å². The van der Waals surface area contributed by atoms with Gasteiger partial charge in [0.2, 0.25) is 0 Å². The van der Waals surface area contributed by atoms with Crippen LogP contribution in [0.3, 0.4) is 0 Å². The summed E-state index contributed by atoms with van der Waals surface area (Å²) in [5.41, 5.74) is 0.705. The summed E-state index contributed by atoms with van der Waals surface area (Å²) in [6.45, 7) is -0.0265. The van der Waals surface area contributed by atoms with Gasteiger partial charge in [-0.15, -0.1) is 6.42 Å². The molecule has 0 atom stereocenters. The van der Waals surface area contributed by atoms with Crippen molar-refractivity contribution in [3.05, 3.63) is 33.1 Å². The minimum absolute atomic E-state index is 0.0265. The van der Waals surface area contributed by atoms with Crippen LogP contribution in [-0.4, -0.2) is 27.7 Å². The number of phenols is 1. The smallest absolute Gasteiger partial charge is 0.294 e. The van der Waals surface area contributed by atoms with Gasteiger partial charge >= 0.3 is 0 Å². The Morgan fingerprint density at radius 2 is 2.21 bits per heavy atom. The van der Waals surface area contributed by atoms with Gasteiger partial charge in [-0.2, -0.15) is 0 Å². The largest absolute Gasteiger partial charge is 0.507 e. The summed E-state index contributed by atoms with van der Waals surface area (Å²) < 4.78 is 0.518. The SMILES string of the molecule is C#CCN1C(=O)S/C(=C/c2ccc(O)c(Br)c2)C1=O. The molecule has 1 aromatic carbocycles. The van der Waals surface area contributed by atoms with Crippen molar-refractivity contribution < 1.29 is 14.7 Å². The first kappa shape index (κ1) is 13.7. The normalized spacial score (nSPS) is 17.1. The van der Waals surface area contributed by atoms with Crippen LogP contribution in [0.4, 0.5) is 4.79 Å². The van der Waals surface area contributed by atoms with Crippen LogP contribution in [-0.2, 0) is 4.79 Å². The molecule has 6 heteroatoms. The van der Waals surface area contributed by atoms with E-state index >= 15 is 0 Å². The molecule has 0 radical (unpaired) electrons. The summed E-state index contributed by atoms with van der Waals surface area (Å²) in [5.74, 6) is 1.99. The Morgan fingerprint density at radius 1 is 1.47 bits per heavy atom. The number of carbonyl (C=O) groups excluding carboxylic acids is 2. The van der Waals surface area contributed by atoms with Gasteiger partial charge in [-0.25, -0.2) is 0 Å². The van der Waals surface area contributed by atoms with Crippen LogP contribution in [0.5, 0.6) is 5.75 Å². The molecule has 1 heterocycles. The summed E-state index contributed by atoms with van der Waals surface area (Å²) in [7, 11) is 0. The molecule has 96 valence electrons. The molecule has 1 aliphatic heterocycles. The third-order valence-corrected chi connectivity index (χ3v) is 3.94. The number of nitrogens with zero attached hydrogens (tertiary/aromatic N) is 1. The topological polar surface area (TPSA) is 57.6 Å². The standard InChI is InChI=1S/C13H8BrNO3S/c1-2-5-15-12(17)11(19-13(15)18)7-8-3-4-10(16)9(14)6-8/h1,3-4,6-7,16H,5H2/b11-7+. The molecule has 0 aromatic heterocycles. The van der Waals surface area contributed by atoms with Crippen LogP contribution in [0.2, 0.25) is 0 Å². The second-order valence-corrected chi connectivity index (χ2v) is 5.53. The molecule has 0 bridgehead atoms. The van der Waals surface area contributed by atoms with Crippen molar-refractivity contribution in [1.29, 1.82) is 0 Å². The number of amides is 2. The van der Waals surface area contributed by atoms with Gasteiger partial charge in [0.1, 0.15) is 5.75 Å². The summed E-state index contributed by atoms with van der Waals surface area (Å²) in [4.78, 5) is 24.8. The molecule has 0 unspecified atom stereocenters. The van der Waals surface area contributed by atoms with Crippen molar-refractivity contribution in [2.24, 2.45) is 0 Å². The maximum Gasteiger partial charge on any atom is 0.294 e. The fourth-order valence-electron chi connectivity index (χ4n) is 1.49. The number of benzene rings is 1. The first-order valence-electron chi connectivity index (χ1n) is 5.20. The Labute approximate surface area is 122 Å². The number of hydrogen-bond donors (Lipinski definition) is 1. The number of halogens is 1. The molecular weight excluding hydrogens is 330 g/mol. The van der Waals surface area contributed by atoms with E-state index < -0.39 is 5.91 Å². The summed E-state index contributed by atoms with van der Waals surface area (Å²) in [6, 6.07) is 4.81. The molecule has 0 spiro atoms. The second kappa shape index (κ2) is 5.51. The minimum Gasteiger partial charge on any atom is -0.507 e. The maximum absolute atomic E-state index is 11.9. The first-order valence-corrected chi connectivity index (χ1v) is 6.81. The van der Waals surface area contributed by atoms with E-state index in [1.165, 1.54) is 6.07 Å². The summed E-state index contributed by atoms with van der Waals surface area (Å²) >= 11 is 4.04. The number of imide groups is 1. The third-order valence-electron chi connectivity index (χ3n) is 2.39. The van der Waals surface area contributed by atoms with Crippen LogP contribution in [0.15, 0.2) is 27.6 Å². The predicted octanol–water partition coefficient (Wildman–Crippen LogP) is 2.82. The van der Waals surface area contributed by atoms with E-state index in [0.29, 0.717) is 14.9 Å². The molecule has 1 aromatic rings. The van der Waals surface area contributed by atoms with E-state index in [4.69, 9.17) is 6.42 Å². The molecule has 19 heavy (non-hydrogen) atoms. The monoisotopic (exact) mass is 337 g/mol. The molecule has 0 saturated carbocycles. The van der Waals surface area contributed by atoms with Gasteiger partial charge in [0.05, 0.1) is 15.9 Å². The number of rotatable bonds is 2. The number of hydrogen-bond acceptors (Lipinski definition) is 4. The van der Waals surface area contributed by atoms with Gasteiger partial charge in [-0.05, 0) is 51.5 Å². The molecule has 0 aliphatic carbocycles. The first-order chi connectivity index (χ1) is 9.02. The molecule has 1 saturated heterocycles. The zero-order chi connectivity index (χ0) is 14.0. The van der Waals surface area contributed by atoms with Crippen molar-refractivity contribution in [2.45, 2.75) is 0 Å². The summed E-state index contributed by atoms with van der Waals surface area (Å²) in [5, 5.41) is 9.02. The van der Waals surface area contributed by atoms with Crippen molar-refractivity contribution in [1.82, 2.24) is 4.90 Å². The molecule has 1 aliphatic rings. The minimum atomic E-state index is -0.392. The van der Waals surface area contributed by atoms with Crippen molar-refractivity contribution in [2.75, 3.05) is 6.54 Å². The average Bonchev–Trinajstić information content (AvgIpc) is 2.62. The van der Waals surface area contributed by atoms with Gasteiger partial charge < -0.3 is 5.11 Å². The lowest BCUT2D eigenvalue weighted by Crippen LogP contribution is -2.28. The molecular formula is C13H8BrNO3S. The molecule has 1 N–H and O–H groups in total. The lowest BCUT2D eigenvalue weighted by molar-refractivity contribution is -0.122. The fourth-order valence-corrected chi connectivity index (χ4v) is 2.73. The van der Waals surface area contributed by atoms with E-state index in [2.05, 4.69) is 21.9 Å². The van der Waals surface area contributed by atoms with Gasteiger partial charge in [0.25, 0.3) is 11.1 Å². The van der Waals surface area contributed by atoms with Crippen molar-refractivity contribution >= 4 is 44.9 Å². The predicted molar refractivity (Wildman–Crippen MR) is 77.3 cm³/mol. The molecule has 4 nitrogen and oxygen atoms in total. The number of phenolic OH excluding ortho intramolecular Hbond substituents is 1. The highest BCUT2D eigenvalue weighted by molar-refractivity contribution is 9.10. The zero-order valence-electron chi connectivity index (χ0n) is 9.59. The van der Waals surface area contributed by atoms with E-state index in [1.807, 2.05) is 0 Å². The maximum atomic E-state index is 11.9. The Hall–Kier alpha value is -1.71. The van der Waals surface area contributed by atoms with Crippen LogP contribution < -0.4 is 0 Å². The van der Waals surface area contributed by atoms with Crippen LogP contribution in [0.25, 0.3) is 6.08 Å². The number of aromatic hydroxyl groups is 1. The third kappa shape index (κ3) is 2.83. The Morgan fingerprint density at radius 3 is 2.84 bits per heavy atom. The van der Waals surface area contributed by atoms with Crippen LogP contribution >= 0.6 is 27.7 Å². The highest BCUT2D eigenvalue weighted by Gasteiger charge is 2.34. The fraction of sp³-hybridized carbons (Fsp3) is 0.0769. The lowest BCUT2D eigenvalue weighted by atomic mass is 10.2. The number of terminal acetylenes is 1. The number of carbonyl (C=O) groups is 2. The Kier molecular flexibility index (Phi) is 3.98.